The van der Waals surface area contributed by atoms with E-state index in [0.717, 1.165) is 0 Å². The van der Waals surface area contributed by atoms with Gasteiger partial charge in [-0.3, -0.25) is 4.79 Å². The number of esters is 1. The van der Waals surface area contributed by atoms with Gasteiger partial charge in [0.1, 0.15) is 6.61 Å². The number of thioether (sulfide) groups is 1. The summed E-state index contributed by atoms with van der Waals surface area (Å²) in [5.41, 5.74) is 0. The van der Waals surface area contributed by atoms with E-state index >= 15 is 0 Å². The van der Waals surface area contributed by atoms with E-state index < -0.39 is 0 Å². The highest BCUT2D eigenvalue weighted by Crippen LogP contribution is 2.14. The molecule has 0 aromatic rings. The third kappa shape index (κ3) is 9.65. The largest absolute Gasteiger partial charge is 0.461 e. The van der Waals surface area contributed by atoms with E-state index in [1.165, 1.54) is 30.8 Å². The van der Waals surface area contributed by atoms with Crippen LogP contribution in [0.2, 0.25) is 0 Å². The first-order chi connectivity index (χ1) is 6.81. The fourth-order valence-electron chi connectivity index (χ4n) is 0.941. The minimum Gasteiger partial charge on any atom is -0.461 e. The van der Waals surface area contributed by atoms with Gasteiger partial charge < -0.3 is 4.74 Å². The monoisotopic (exact) mass is 216 g/mol. The minimum atomic E-state index is -0.176. The van der Waals surface area contributed by atoms with Crippen LogP contribution in [0, 0.1) is 0 Å². The maximum atomic E-state index is 10.3. The van der Waals surface area contributed by atoms with E-state index in [9.17, 15) is 4.79 Å². The van der Waals surface area contributed by atoms with E-state index in [1.807, 2.05) is 0 Å². The molecule has 82 valence electrons. The lowest BCUT2D eigenvalue weighted by Crippen LogP contribution is -2.00. The molecule has 0 aromatic carbocycles. The Hall–Kier alpha value is -0.440. The second-order valence-corrected chi connectivity index (χ2v) is 4.22. The van der Waals surface area contributed by atoms with Gasteiger partial charge in [0.15, 0.2) is 0 Å². The standard InChI is InChI=1S/C6H10O2.C5H10S/c1-3-5-8-6(7)4-2;1-2-4-6-5-3-1/h3H,1,4-5H2,2H3;1-5H2. The summed E-state index contributed by atoms with van der Waals surface area (Å²) in [7, 11) is 0. The van der Waals surface area contributed by atoms with E-state index in [1.54, 1.807) is 13.0 Å². The summed E-state index contributed by atoms with van der Waals surface area (Å²) in [4.78, 5) is 10.3. The van der Waals surface area contributed by atoms with E-state index in [2.05, 4.69) is 23.1 Å². The van der Waals surface area contributed by atoms with Crippen molar-refractivity contribution in [3.63, 3.8) is 0 Å². The fourth-order valence-corrected chi connectivity index (χ4v) is 1.96. The summed E-state index contributed by atoms with van der Waals surface area (Å²) in [6, 6.07) is 0. The smallest absolute Gasteiger partial charge is 0.305 e. The van der Waals surface area contributed by atoms with Crippen LogP contribution in [0.4, 0.5) is 0 Å². The SMILES string of the molecule is C1CCSCC1.C=CCOC(=O)CC. The van der Waals surface area contributed by atoms with Crippen LogP contribution in [0.5, 0.6) is 0 Å². The summed E-state index contributed by atoms with van der Waals surface area (Å²) in [5, 5.41) is 0. The Kier molecular flexibility index (Phi) is 10.3. The quantitative estimate of drug-likeness (QED) is 0.536. The van der Waals surface area contributed by atoms with Crippen LogP contribution in [0.15, 0.2) is 12.7 Å². The van der Waals surface area contributed by atoms with Gasteiger partial charge in [-0.2, -0.15) is 11.8 Å². The average molecular weight is 216 g/mol. The zero-order valence-electron chi connectivity index (χ0n) is 8.96. The number of carbonyl (C=O) groups excluding carboxylic acids is 1. The first-order valence-corrected chi connectivity index (χ1v) is 6.31. The number of hydrogen-bond acceptors (Lipinski definition) is 3. The molecule has 0 radical (unpaired) electrons. The molecule has 1 aliphatic rings. The molecule has 0 saturated carbocycles. The molecule has 1 saturated heterocycles. The lowest BCUT2D eigenvalue weighted by molar-refractivity contribution is -0.141. The predicted molar refractivity (Wildman–Crippen MR) is 62.6 cm³/mol. The lowest BCUT2D eigenvalue weighted by atomic mass is 10.3. The Labute approximate surface area is 91.1 Å². The van der Waals surface area contributed by atoms with Gasteiger partial charge in [0, 0.05) is 6.42 Å². The summed E-state index contributed by atoms with van der Waals surface area (Å²) in [6.45, 7) is 5.47. The van der Waals surface area contributed by atoms with Crippen molar-refractivity contribution < 1.29 is 9.53 Å². The van der Waals surface area contributed by atoms with Crippen molar-refractivity contribution in [2.75, 3.05) is 18.1 Å². The molecule has 0 aliphatic carbocycles. The molecule has 3 heteroatoms. The van der Waals surface area contributed by atoms with Crippen molar-refractivity contribution in [2.45, 2.75) is 32.6 Å². The highest BCUT2D eigenvalue weighted by molar-refractivity contribution is 7.99. The average Bonchev–Trinajstić information content (AvgIpc) is 2.29. The van der Waals surface area contributed by atoms with E-state index in [-0.39, 0.29) is 5.97 Å². The van der Waals surface area contributed by atoms with Gasteiger partial charge in [-0.15, -0.1) is 0 Å². The zero-order valence-corrected chi connectivity index (χ0v) is 9.78. The second-order valence-electron chi connectivity index (χ2n) is 3.00. The molecule has 0 atom stereocenters. The Morgan fingerprint density at radius 3 is 2.36 bits per heavy atom. The van der Waals surface area contributed by atoms with Gasteiger partial charge in [-0.25, -0.2) is 0 Å². The normalized spacial score (nSPS) is 14.9. The molecule has 14 heavy (non-hydrogen) atoms. The van der Waals surface area contributed by atoms with Gasteiger partial charge in [-0.1, -0.05) is 26.0 Å². The minimum absolute atomic E-state index is 0.176. The first-order valence-electron chi connectivity index (χ1n) is 5.15. The number of ether oxygens (including phenoxy) is 1. The number of rotatable bonds is 3. The molecule has 2 nitrogen and oxygen atoms in total. The van der Waals surface area contributed by atoms with Gasteiger partial charge >= 0.3 is 5.97 Å². The van der Waals surface area contributed by atoms with Crippen LogP contribution in [-0.4, -0.2) is 24.1 Å². The lowest BCUT2D eigenvalue weighted by Gasteiger charge is -2.05. The third-order valence-corrected chi connectivity index (χ3v) is 2.88. The molecule has 1 aliphatic heterocycles. The zero-order chi connectivity index (χ0) is 10.6. The second kappa shape index (κ2) is 10.6. The predicted octanol–water partition coefficient (Wildman–Crippen LogP) is 3.03. The van der Waals surface area contributed by atoms with Crippen molar-refractivity contribution >= 4 is 17.7 Å². The molecule has 0 aromatic heterocycles. The summed E-state index contributed by atoms with van der Waals surface area (Å²) < 4.78 is 4.58. The van der Waals surface area contributed by atoms with Crippen LogP contribution in [0.1, 0.15) is 32.6 Å². The molecule has 1 fully saturated rings. The highest BCUT2D eigenvalue weighted by Gasteiger charge is 1.95. The summed E-state index contributed by atoms with van der Waals surface area (Å²) in [5.74, 6) is 2.66. The molecule has 0 N–H and O–H groups in total. The maximum absolute atomic E-state index is 10.3. The molecular formula is C11H20O2S. The fraction of sp³-hybridized carbons (Fsp3) is 0.727. The Morgan fingerprint density at radius 1 is 1.43 bits per heavy atom. The highest BCUT2D eigenvalue weighted by atomic mass is 32.2. The van der Waals surface area contributed by atoms with Crippen molar-refractivity contribution in [3.8, 4) is 0 Å². The van der Waals surface area contributed by atoms with Gasteiger partial charge in [-0.05, 0) is 24.3 Å². The topological polar surface area (TPSA) is 26.3 Å². The molecule has 1 heterocycles. The van der Waals surface area contributed by atoms with Crippen LogP contribution < -0.4 is 0 Å². The van der Waals surface area contributed by atoms with Gasteiger partial charge in [0.05, 0.1) is 0 Å². The number of hydrogen-bond donors (Lipinski definition) is 0. The van der Waals surface area contributed by atoms with Crippen LogP contribution in [-0.2, 0) is 9.53 Å². The summed E-state index contributed by atoms with van der Waals surface area (Å²) in [6.07, 6.45) is 6.39. The Bertz CT molecular complexity index is 142. The van der Waals surface area contributed by atoms with Gasteiger partial charge in [0.25, 0.3) is 0 Å². The van der Waals surface area contributed by atoms with Crippen molar-refractivity contribution in [1.82, 2.24) is 0 Å². The van der Waals surface area contributed by atoms with Crippen molar-refractivity contribution in [1.29, 1.82) is 0 Å². The van der Waals surface area contributed by atoms with Crippen molar-refractivity contribution in [2.24, 2.45) is 0 Å². The first kappa shape index (κ1) is 13.6. The third-order valence-electron chi connectivity index (χ3n) is 1.73. The van der Waals surface area contributed by atoms with Crippen LogP contribution in [0.3, 0.4) is 0 Å². The van der Waals surface area contributed by atoms with E-state index in [4.69, 9.17) is 0 Å². The molecule has 0 bridgehead atoms. The van der Waals surface area contributed by atoms with Crippen LogP contribution >= 0.6 is 11.8 Å². The Morgan fingerprint density at radius 2 is 2.07 bits per heavy atom. The molecule has 0 spiro atoms. The van der Waals surface area contributed by atoms with Crippen LogP contribution in [0.25, 0.3) is 0 Å². The van der Waals surface area contributed by atoms with Gasteiger partial charge in [0.2, 0.25) is 0 Å². The van der Waals surface area contributed by atoms with E-state index in [0.29, 0.717) is 13.0 Å². The molecule has 1 rings (SSSR count). The van der Waals surface area contributed by atoms with Crippen molar-refractivity contribution in [3.05, 3.63) is 12.7 Å². The molecule has 0 unspecified atom stereocenters. The maximum Gasteiger partial charge on any atom is 0.305 e. The number of carbonyl (C=O) groups is 1. The molecular weight excluding hydrogens is 196 g/mol. The molecule has 0 amide bonds. The summed E-state index contributed by atoms with van der Waals surface area (Å²) >= 11 is 2.09. The Balaban J connectivity index is 0.000000249.